The summed E-state index contributed by atoms with van der Waals surface area (Å²) in [5, 5.41) is 3.45. The van der Waals surface area contributed by atoms with Crippen molar-refractivity contribution in [2.75, 3.05) is 58.4 Å². The summed E-state index contributed by atoms with van der Waals surface area (Å²) in [6.45, 7) is 4.91. The number of aliphatic imine (C=N–C) groups is 1. The molecule has 0 saturated carbocycles. The van der Waals surface area contributed by atoms with Gasteiger partial charge in [-0.05, 0) is 36.4 Å². The Morgan fingerprint density at radius 3 is 2.43 bits per heavy atom. The smallest absolute Gasteiger partial charge is 0.193 e. The molecule has 0 spiro atoms. The lowest BCUT2D eigenvalue weighted by Crippen LogP contribution is -2.54. The number of anilines is 1. The molecule has 1 N–H and O–H groups in total. The number of nitrogens with one attached hydrogen (secondary N) is 1. The maximum Gasteiger partial charge on any atom is 0.193 e. The first-order chi connectivity index (χ1) is 14.3. The number of hydrogen-bond acceptors (Lipinski definition) is 5. The largest absolute Gasteiger partial charge is 0.497 e. The van der Waals surface area contributed by atoms with Crippen LogP contribution in [0.25, 0.3) is 0 Å². The second-order valence-corrected chi connectivity index (χ2v) is 7.10. The van der Waals surface area contributed by atoms with Crippen molar-refractivity contribution in [3.63, 3.8) is 0 Å². The average Bonchev–Trinajstić information content (AvgIpc) is 2.80. The van der Waals surface area contributed by atoms with Crippen LogP contribution < -0.4 is 24.4 Å². The number of halogens is 1. The van der Waals surface area contributed by atoms with E-state index in [1.165, 1.54) is 5.69 Å². The van der Waals surface area contributed by atoms with Crippen LogP contribution in [0, 0.1) is 0 Å². The Morgan fingerprint density at radius 2 is 1.77 bits per heavy atom. The molecule has 2 aliphatic rings. The number of rotatable bonds is 4. The van der Waals surface area contributed by atoms with Gasteiger partial charge < -0.3 is 29.3 Å². The molecule has 8 heteroatoms. The summed E-state index contributed by atoms with van der Waals surface area (Å²) >= 11 is 0. The van der Waals surface area contributed by atoms with Gasteiger partial charge in [0.1, 0.15) is 18.5 Å². The van der Waals surface area contributed by atoms with Crippen LogP contribution in [0.3, 0.4) is 0 Å². The Hall–Kier alpha value is -2.36. The van der Waals surface area contributed by atoms with Crippen molar-refractivity contribution < 1.29 is 14.2 Å². The summed E-state index contributed by atoms with van der Waals surface area (Å²) in [4.78, 5) is 9.14. The van der Waals surface area contributed by atoms with Crippen LogP contribution in [0.15, 0.2) is 53.5 Å². The highest BCUT2D eigenvalue weighted by atomic mass is 127. The molecule has 2 aliphatic heterocycles. The fraction of sp³-hybridized carbons (Fsp3) is 0.409. The number of para-hydroxylation sites is 2. The summed E-state index contributed by atoms with van der Waals surface area (Å²) in [7, 11) is 3.52. The Kier molecular flexibility index (Phi) is 7.89. The predicted octanol–water partition coefficient (Wildman–Crippen LogP) is 2.85. The van der Waals surface area contributed by atoms with E-state index in [1.54, 1.807) is 7.11 Å². The SMILES string of the molecule is CN=C(NCC1COc2ccccc2O1)N1CCN(c2ccc(OC)cc2)CC1.I. The van der Waals surface area contributed by atoms with Gasteiger partial charge in [-0.1, -0.05) is 12.1 Å². The van der Waals surface area contributed by atoms with Crippen LogP contribution in [0.1, 0.15) is 0 Å². The normalized spacial score (nSPS) is 18.5. The second-order valence-electron chi connectivity index (χ2n) is 7.10. The highest BCUT2D eigenvalue weighted by Crippen LogP contribution is 2.30. The lowest BCUT2D eigenvalue weighted by Gasteiger charge is -2.38. The minimum absolute atomic E-state index is 0. The van der Waals surface area contributed by atoms with Gasteiger partial charge in [-0.15, -0.1) is 24.0 Å². The molecule has 1 unspecified atom stereocenters. The fourth-order valence-electron chi connectivity index (χ4n) is 3.67. The molecule has 30 heavy (non-hydrogen) atoms. The maximum atomic E-state index is 6.03. The lowest BCUT2D eigenvalue weighted by molar-refractivity contribution is 0.0930. The van der Waals surface area contributed by atoms with Gasteiger partial charge in [-0.2, -0.15) is 0 Å². The molecule has 1 saturated heterocycles. The van der Waals surface area contributed by atoms with E-state index in [2.05, 4.69) is 32.2 Å². The van der Waals surface area contributed by atoms with Crippen LogP contribution in [0.5, 0.6) is 17.2 Å². The summed E-state index contributed by atoms with van der Waals surface area (Å²) in [6.07, 6.45) is -0.0396. The number of piperazine rings is 1. The molecule has 0 amide bonds. The third kappa shape index (κ3) is 5.21. The molecule has 1 atom stereocenters. The van der Waals surface area contributed by atoms with E-state index < -0.39 is 0 Å². The molecule has 0 aliphatic carbocycles. The molecular weight excluding hydrogens is 495 g/mol. The topological polar surface area (TPSA) is 58.6 Å². The van der Waals surface area contributed by atoms with E-state index in [-0.39, 0.29) is 30.1 Å². The fourth-order valence-corrected chi connectivity index (χ4v) is 3.67. The van der Waals surface area contributed by atoms with Gasteiger partial charge >= 0.3 is 0 Å². The first-order valence-corrected chi connectivity index (χ1v) is 10.00. The molecule has 0 radical (unpaired) electrons. The van der Waals surface area contributed by atoms with Crippen LogP contribution in [0.4, 0.5) is 5.69 Å². The van der Waals surface area contributed by atoms with Gasteiger partial charge in [0.15, 0.2) is 17.5 Å². The van der Waals surface area contributed by atoms with Crippen molar-refractivity contribution in [2.24, 2.45) is 4.99 Å². The molecule has 4 rings (SSSR count). The zero-order valence-corrected chi connectivity index (χ0v) is 19.7. The second kappa shape index (κ2) is 10.6. The summed E-state index contributed by atoms with van der Waals surface area (Å²) in [6, 6.07) is 16.0. The zero-order valence-electron chi connectivity index (χ0n) is 17.4. The van der Waals surface area contributed by atoms with Crippen molar-refractivity contribution in [1.82, 2.24) is 10.2 Å². The average molecular weight is 524 g/mol. The number of nitrogens with zero attached hydrogens (tertiary/aromatic N) is 3. The van der Waals surface area contributed by atoms with E-state index in [9.17, 15) is 0 Å². The van der Waals surface area contributed by atoms with Gasteiger partial charge in [0.25, 0.3) is 0 Å². The minimum Gasteiger partial charge on any atom is -0.497 e. The number of ether oxygens (including phenoxy) is 3. The van der Waals surface area contributed by atoms with Gasteiger partial charge in [-0.3, -0.25) is 4.99 Å². The minimum atomic E-state index is -0.0396. The summed E-state index contributed by atoms with van der Waals surface area (Å²) in [5.74, 6) is 3.40. The molecule has 7 nitrogen and oxygen atoms in total. The third-order valence-corrected chi connectivity index (χ3v) is 5.28. The third-order valence-electron chi connectivity index (χ3n) is 5.28. The number of fused-ring (bicyclic) bond motifs is 1. The number of benzene rings is 2. The first kappa shape index (κ1) is 22.3. The number of hydrogen-bond donors (Lipinski definition) is 1. The highest BCUT2D eigenvalue weighted by Gasteiger charge is 2.23. The van der Waals surface area contributed by atoms with Crippen molar-refractivity contribution in [3.05, 3.63) is 48.5 Å². The number of methoxy groups -OCH3 is 1. The Bertz CT molecular complexity index is 839. The van der Waals surface area contributed by atoms with Gasteiger partial charge in [0.2, 0.25) is 0 Å². The van der Waals surface area contributed by atoms with Crippen LogP contribution in [-0.4, -0.2) is 70.5 Å². The van der Waals surface area contributed by atoms with Crippen molar-refractivity contribution >= 4 is 35.6 Å². The maximum absolute atomic E-state index is 6.03. The molecule has 2 heterocycles. The van der Waals surface area contributed by atoms with E-state index in [0.29, 0.717) is 13.2 Å². The van der Waals surface area contributed by atoms with E-state index in [0.717, 1.165) is 49.4 Å². The monoisotopic (exact) mass is 524 g/mol. The molecule has 2 aromatic rings. The molecule has 0 aromatic heterocycles. The highest BCUT2D eigenvalue weighted by molar-refractivity contribution is 14.0. The first-order valence-electron chi connectivity index (χ1n) is 10.00. The molecule has 0 bridgehead atoms. The number of guanidine groups is 1. The molecule has 1 fully saturated rings. The standard InChI is InChI=1S/C22H28N4O3.HI/c1-23-22(24-15-19-16-28-20-5-3-4-6-21(20)29-19)26-13-11-25(12-14-26)17-7-9-18(27-2)10-8-17;/h3-10,19H,11-16H2,1-2H3,(H,23,24);1H. The molecule has 2 aromatic carbocycles. The quantitative estimate of drug-likeness (QED) is 0.377. The zero-order chi connectivity index (χ0) is 20.1. The van der Waals surface area contributed by atoms with Crippen LogP contribution >= 0.6 is 24.0 Å². The van der Waals surface area contributed by atoms with E-state index >= 15 is 0 Å². The van der Waals surface area contributed by atoms with Crippen molar-refractivity contribution in [2.45, 2.75) is 6.10 Å². The van der Waals surface area contributed by atoms with E-state index in [1.807, 2.05) is 43.4 Å². The van der Waals surface area contributed by atoms with E-state index in [4.69, 9.17) is 14.2 Å². The van der Waals surface area contributed by atoms with Gasteiger partial charge in [-0.25, -0.2) is 0 Å². The Balaban J connectivity index is 0.00000256. The Labute approximate surface area is 195 Å². The van der Waals surface area contributed by atoms with Crippen LogP contribution in [0.2, 0.25) is 0 Å². The van der Waals surface area contributed by atoms with Crippen molar-refractivity contribution in [3.8, 4) is 17.2 Å². The van der Waals surface area contributed by atoms with Crippen molar-refractivity contribution in [1.29, 1.82) is 0 Å². The van der Waals surface area contributed by atoms with Gasteiger partial charge in [0.05, 0.1) is 13.7 Å². The predicted molar refractivity (Wildman–Crippen MR) is 130 cm³/mol. The summed E-state index contributed by atoms with van der Waals surface area (Å²) in [5.41, 5.74) is 1.22. The lowest BCUT2D eigenvalue weighted by atomic mass is 10.2. The van der Waals surface area contributed by atoms with Gasteiger partial charge in [0, 0.05) is 38.9 Å². The van der Waals surface area contributed by atoms with Crippen LogP contribution in [-0.2, 0) is 0 Å². The Morgan fingerprint density at radius 1 is 1.07 bits per heavy atom. The summed E-state index contributed by atoms with van der Waals surface area (Å²) < 4.78 is 17.1. The molecular formula is C22H29IN4O3. The molecule has 162 valence electrons.